The molecular formula is C20H17N3O4S. The van der Waals surface area contributed by atoms with E-state index in [1.54, 1.807) is 43.3 Å². The third kappa shape index (κ3) is 3.80. The number of carboxylic acid groups (broad SMARTS) is 1. The minimum Gasteiger partial charge on any atom is -0.477 e. The highest BCUT2D eigenvalue weighted by Crippen LogP contribution is 2.34. The molecule has 0 bridgehead atoms. The van der Waals surface area contributed by atoms with Gasteiger partial charge in [0.15, 0.2) is 0 Å². The van der Waals surface area contributed by atoms with E-state index in [9.17, 15) is 23.6 Å². The molecule has 7 nitrogen and oxygen atoms in total. The maximum Gasteiger partial charge on any atom is 0.354 e. The third-order valence-corrected chi connectivity index (χ3v) is 5.61. The van der Waals surface area contributed by atoms with Gasteiger partial charge in [0.05, 0.1) is 28.6 Å². The molecule has 1 aromatic heterocycles. The number of carboxylic acids is 1. The van der Waals surface area contributed by atoms with Gasteiger partial charge in [-0.15, -0.1) is 0 Å². The molecule has 3 aromatic rings. The van der Waals surface area contributed by atoms with Gasteiger partial charge < -0.3 is 5.11 Å². The van der Waals surface area contributed by atoms with Crippen LogP contribution in [0.25, 0.3) is 22.0 Å². The lowest BCUT2D eigenvalue weighted by atomic mass is 9.96. The Balaban J connectivity index is 2.33. The summed E-state index contributed by atoms with van der Waals surface area (Å²) >= 11 is 0. The molecule has 0 saturated carbocycles. The van der Waals surface area contributed by atoms with E-state index in [0.717, 1.165) is 0 Å². The largest absolute Gasteiger partial charge is 0.477 e. The highest BCUT2D eigenvalue weighted by Gasteiger charge is 2.18. The van der Waals surface area contributed by atoms with Crippen molar-refractivity contribution < 1.29 is 18.3 Å². The molecule has 2 N–H and O–H groups in total. The molecule has 0 saturated heterocycles. The number of aromatic carboxylic acids is 1. The lowest BCUT2D eigenvalue weighted by Gasteiger charge is -2.14. The Kier molecular flexibility index (Phi) is 5.29. The number of pyridine rings is 1. The monoisotopic (exact) mass is 395 g/mol. The number of nitrogens with one attached hydrogen (secondary N) is 1. The molecule has 2 aromatic carbocycles. The normalized spacial score (nSPS) is 11.1. The zero-order valence-corrected chi connectivity index (χ0v) is 15.8. The molecule has 0 aliphatic rings. The second kappa shape index (κ2) is 7.66. The van der Waals surface area contributed by atoms with Crippen molar-refractivity contribution in [2.24, 2.45) is 0 Å². The summed E-state index contributed by atoms with van der Waals surface area (Å²) in [6.07, 6.45) is 0.439. The highest BCUT2D eigenvalue weighted by molar-refractivity contribution is 7.92. The van der Waals surface area contributed by atoms with Gasteiger partial charge in [0.2, 0.25) is 10.0 Å². The summed E-state index contributed by atoms with van der Waals surface area (Å²) in [5.41, 5.74) is 1.60. The summed E-state index contributed by atoms with van der Waals surface area (Å²) in [7, 11) is -3.59. The van der Waals surface area contributed by atoms with Gasteiger partial charge >= 0.3 is 5.97 Å². The van der Waals surface area contributed by atoms with Gasteiger partial charge in [-0.3, -0.25) is 4.72 Å². The average Bonchev–Trinajstić information content (AvgIpc) is 2.67. The number of anilines is 1. The van der Waals surface area contributed by atoms with E-state index >= 15 is 0 Å². The van der Waals surface area contributed by atoms with Crippen LogP contribution in [0.3, 0.4) is 0 Å². The van der Waals surface area contributed by atoms with Gasteiger partial charge in [0, 0.05) is 10.9 Å². The zero-order chi connectivity index (χ0) is 20.3. The molecule has 0 radical (unpaired) electrons. The minimum absolute atomic E-state index is 0.0634. The van der Waals surface area contributed by atoms with Crippen LogP contribution in [-0.2, 0) is 10.0 Å². The second-order valence-corrected chi connectivity index (χ2v) is 7.98. The molecule has 28 heavy (non-hydrogen) atoms. The Morgan fingerprint density at radius 1 is 1.18 bits per heavy atom. The average molecular weight is 395 g/mol. The summed E-state index contributed by atoms with van der Waals surface area (Å²) in [4.78, 5) is 15.8. The Morgan fingerprint density at radius 2 is 1.93 bits per heavy atom. The molecule has 0 fully saturated rings. The van der Waals surface area contributed by atoms with Crippen LogP contribution in [0.4, 0.5) is 5.69 Å². The Labute approximate surface area is 162 Å². The van der Waals surface area contributed by atoms with Crippen LogP contribution in [0.1, 0.15) is 29.4 Å². The maximum absolute atomic E-state index is 12.2. The highest BCUT2D eigenvalue weighted by atomic mass is 32.2. The van der Waals surface area contributed by atoms with E-state index in [1.165, 1.54) is 12.1 Å². The Hall–Kier alpha value is -3.44. The summed E-state index contributed by atoms with van der Waals surface area (Å²) in [5, 5.41) is 19.5. The van der Waals surface area contributed by atoms with E-state index in [-0.39, 0.29) is 22.7 Å². The Bertz CT molecular complexity index is 1210. The molecule has 0 spiro atoms. The molecular weight excluding hydrogens is 378 g/mol. The summed E-state index contributed by atoms with van der Waals surface area (Å²) < 4.78 is 26.9. The third-order valence-electron chi connectivity index (χ3n) is 4.13. The van der Waals surface area contributed by atoms with Crippen molar-refractivity contribution in [3.8, 4) is 17.2 Å². The molecule has 0 amide bonds. The zero-order valence-electron chi connectivity index (χ0n) is 15.0. The fraction of sp³-hybridized carbons (Fsp3) is 0.150. The lowest BCUT2D eigenvalue weighted by Crippen LogP contribution is -2.16. The lowest BCUT2D eigenvalue weighted by molar-refractivity contribution is 0.0691. The molecule has 1 heterocycles. The Morgan fingerprint density at radius 3 is 2.61 bits per heavy atom. The van der Waals surface area contributed by atoms with Gasteiger partial charge in [0.1, 0.15) is 5.69 Å². The van der Waals surface area contributed by atoms with Crippen LogP contribution in [0, 0.1) is 11.3 Å². The standard InChI is InChI=1S/C20H17N3O4S/c1-2-10-28(26,27)23-17-9-5-8-15-16(11-18(20(24)25)22-19(15)17)14-7-4-3-6-13(14)12-21/h3-9,11,23H,2,10H2,1H3,(H,24,25). The first kappa shape index (κ1) is 19.3. The first-order valence-electron chi connectivity index (χ1n) is 8.53. The molecule has 3 rings (SSSR count). The van der Waals surface area contributed by atoms with Crippen LogP contribution in [0.5, 0.6) is 0 Å². The van der Waals surface area contributed by atoms with Crippen LogP contribution in [-0.4, -0.2) is 30.2 Å². The second-order valence-electron chi connectivity index (χ2n) is 6.14. The van der Waals surface area contributed by atoms with Gasteiger partial charge in [-0.25, -0.2) is 18.2 Å². The SMILES string of the molecule is CCCS(=O)(=O)Nc1cccc2c(-c3ccccc3C#N)cc(C(=O)O)nc12. The predicted octanol–water partition coefficient (Wildman–Crippen LogP) is 3.62. The molecule has 0 aliphatic heterocycles. The van der Waals surface area contributed by atoms with Crippen molar-refractivity contribution in [3.05, 3.63) is 59.8 Å². The van der Waals surface area contributed by atoms with Crippen molar-refractivity contribution in [1.29, 1.82) is 5.26 Å². The number of nitrogens with zero attached hydrogens (tertiary/aromatic N) is 2. The van der Waals surface area contributed by atoms with E-state index in [4.69, 9.17) is 0 Å². The number of fused-ring (bicyclic) bond motifs is 1. The number of rotatable bonds is 6. The van der Waals surface area contributed by atoms with E-state index in [0.29, 0.717) is 28.5 Å². The van der Waals surface area contributed by atoms with Crippen molar-refractivity contribution in [2.45, 2.75) is 13.3 Å². The van der Waals surface area contributed by atoms with Crippen LogP contribution in [0.15, 0.2) is 48.5 Å². The van der Waals surface area contributed by atoms with Crippen LogP contribution in [0.2, 0.25) is 0 Å². The molecule has 8 heteroatoms. The first-order valence-corrected chi connectivity index (χ1v) is 10.2. The number of aromatic nitrogens is 1. The maximum atomic E-state index is 12.2. The van der Waals surface area contributed by atoms with Gasteiger partial charge in [-0.2, -0.15) is 5.26 Å². The predicted molar refractivity (Wildman–Crippen MR) is 107 cm³/mol. The van der Waals surface area contributed by atoms with Crippen molar-refractivity contribution in [3.63, 3.8) is 0 Å². The number of hydrogen-bond acceptors (Lipinski definition) is 5. The minimum atomic E-state index is -3.59. The first-order chi connectivity index (χ1) is 13.4. The molecule has 0 aliphatic carbocycles. The number of carbonyl (C=O) groups is 1. The summed E-state index contributed by atoms with van der Waals surface area (Å²) in [5.74, 6) is -1.31. The quantitative estimate of drug-likeness (QED) is 0.658. The van der Waals surface area contributed by atoms with Gasteiger partial charge in [-0.1, -0.05) is 37.3 Å². The smallest absolute Gasteiger partial charge is 0.354 e. The van der Waals surface area contributed by atoms with Crippen LogP contribution >= 0.6 is 0 Å². The molecule has 0 atom stereocenters. The van der Waals surface area contributed by atoms with Crippen molar-refractivity contribution in [2.75, 3.05) is 10.5 Å². The van der Waals surface area contributed by atoms with Crippen LogP contribution < -0.4 is 4.72 Å². The fourth-order valence-corrected chi connectivity index (χ4v) is 4.11. The molecule has 142 valence electrons. The van der Waals surface area contributed by atoms with Gasteiger partial charge in [0.25, 0.3) is 0 Å². The van der Waals surface area contributed by atoms with Crippen molar-refractivity contribution in [1.82, 2.24) is 4.98 Å². The number of nitriles is 1. The fourth-order valence-electron chi connectivity index (χ4n) is 2.97. The summed E-state index contributed by atoms with van der Waals surface area (Å²) in [6, 6.07) is 15.2. The number of hydrogen-bond donors (Lipinski definition) is 2. The van der Waals surface area contributed by atoms with Gasteiger partial charge in [-0.05, 0) is 30.2 Å². The molecule has 0 unspecified atom stereocenters. The number of para-hydroxylation sites is 1. The summed E-state index contributed by atoms with van der Waals surface area (Å²) in [6.45, 7) is 1.75. The van der Waals surface area contributed by atoms with E-state index in [2.05, 4.69) is 15.8 Å². The number of benzene rings is 2. The van der Waals surface area contributed by atoms with Crippen molar-refractivity contribution >= 4 is 32.6 Å². The van der Waals surface area contributed by atoms with E-state index < -0.39 is 16.0 Å². The number of sulfonamides is 1. The topological polar surface area (TPSA) is 120 Å². The van der Waals surface area contributed by atoms with E-state index in [1.807, 2.05) is 0 Å².